The average Bonchev–Trinajstić information content (AvgIpc) is 2.51. The third-order valence-electron chi connectivity index (χ3n) is 3.66. The average molecular weight is 281 g/mol. The van der Waals surface area contributed by atoms with E-state index in [0.717, 1.165) is 25.1 Å². The monoisotopic (exact) mass is 281 g/mol. The Morgan fingerprint density at radius 2 is 1.90 bits per heavy atom. The van der Waals surface area contributed by atoms with Gasteiger partial charge in [0.05, 0.1) is 0 Å². The van der Waals surface area contributed by atoms with Gasteiger partial charge in [-0.15, -0.1) is 0 Å². The Kier molecular flexibility index (Phi) is 5.59. The first-order chi connectivity index (χ1) is 10.2. The standard InChI is InChI=1S/C19H23NO/c1-3-17(19-13-18(21)10-9-15(19)2)11-12-20-14-16-7-5-4-6-8-16/h3-10,13,20-21H,11-12,14H2,1-2H3/b17-3-. The van der Waals surface area contributed by atoms with E-state index in [4.69, 9.17) is 0 Å². The summed E-state index contributed by atoms with van der Waals surface area (Å²) in [6.45, 7) is 5.94. The molecule has 2 N–H and O–H groups in total. The molecule has 2 aromatic rings. The summed E-state index contributed by atoms with van der Waals surface area (Å²) >= 11 is 0. The third-order valence-corrected chi connectivity index (χ3v) is 3.66. The van der Waals surface area contributed by atoms with E-state index >= 15 is 0 Å². The lowest BCUT2D eigenvalue weighted by Gasteiger charge is -2.12. The minimum Gasteiger partial charge on any atom is -0.508 e. The maximum atomic E-state index is 9.66. The van der Waals surface area contributed by atoms with Crippen LogP contribution < -0.4 is 5.32 Å². The van der Waals surface area contributed by atoms with Crippen LogP contribution in [-0.2, 0) is 6.54 Å². The number of phenolic OH excluding ortho intramolecular Hbond substituents is 1. The Balaban J connectivity index is 1.90. The van der Waals surface area contributed by atoms with Gasteiger partial charge in [0.2, 0.25) is 0 Å². The van der Waals surface area contributed by atoms with Crippen LogP contribution in [0.1, 0.15) is 30.0 Å². The lowest BCUT2D eigenvalue weighted by molar-refractivity contribution is 0.475. The molecule has 0 aromatic heterocycles. The zero-order valence-corrected chi connectivity index (χ0v) is 12.8. The Morgan fingerprint density at radius 3 is 2.62 bits per heavy atom. The smallest absolute Gasteiger partial charge is 0.116 e. The summed E-state index contributed by atoms with van der Waals surface area (Å²) in [5.74, 6) is 0.326. The zero-order valence-electron chi connectivity index (χ0n) is 12.8. The van der Waals surface area contributed by atoms with Gasteiger partial charge in [-0.3, -0.25) is 0 Å². The summed E-state index contributed by atoms with van der Waals surface area (Å²) in [5.41, 5.74) is 4.90. The van der Waals surface area contributed by atoms with Gasteiger partial charge in [-0.1, -0.05) is 42.5 Å². The van der Waals surface area contributed by atoms with E-state index in [1.807, 2.05) is 18.2 Å². The van der Waals surface area contributed by atoms with Gasteiger partial charge in [0.1, 0.15) is 5.75 Å². The highest BCUT2D eigenvalue weighted by Crippen LogP contribution is 2.25. The van der Waals surface area contributed by atoms with Crippen molar-refractivity contribution in [3.05, 3.63) is 71.3 Å². The van der Waals surface area contributed by atoms with E-state index in [1.54, 1.807) is 6.07 Å². The normalized spacial score (nSPS) is 11.6. The number of aromatic hydroxyl groups is 1. The van der Waals surface area contributed by atoms with Gasteiger partial charge in [-0.2, -0.15) is 0 Å². The third kappa shape index (κ3) is 4.47. The molecule has 2 rings (SSSR count). The van der Waals surface area contributed by atoms with Crippen LogP contribution in [-0.4, -0.2) is 11.7 Å². The van der Waals surface area contributed by atoms with Crippen molar-refractivity contribution < 1.29 is 5.11 Å². The molecule has 110 valence electrons. The van der Waals surface area contributed by atoms with Crippen molar-refractivity contribution in [1.29, 1.82) is 0 Å². The molecular formula is C19H23NO. The number of nitrogens with one attached hydrogen (secondary N) is 1. The molecule has 0 aliphatic carbocycles. The predicted octanol–water partition coefficient (Wildman–Crippen LogP) is 4.28. The molecule has 0 heterocycles. The van der Waals surface area contributed by atoms with Crippen LogP contribution >= 0.6 is 0 Å². The quantitative estimate of drug-likeness (QED) is 0.774. The van der Waals surface area contributed by atoms with Crippen molar-refractivity contribution in [2.45, 2.75) is 26.8 Å². The molecule has 0 atom stereocenters. The molecule has 0 spiro atoms. The molecule has 0 saturated carbocycles. The highest BCUT2D eigenvalue weighted by atomic mass is 16.3. The van der Waals surface area contributed by atoms with Gasteiger partial charge in [0, 0.05) is 6.54 Å². The second-order valence-corrected chi connectivity index (χ2v) is 5.23. The molecule has 0 aliphatic heterocycles. The van der Waals surface area contributed by atoms with E-state index < -0.39 is 0 Å². The Labute approximate surface area is 127 Å². The van der Waals surface area contributed by atoms with Gasteiger partial charge < -0.3 is 10.4 Å². The highest BCUT2D eigenvalue weighted by molar-refractivity contribution is 5.69. The lowest BCUT2D eigenvalue weighted by atomic mass is 9.97. The van der Waals surface area contributed by atoms with Crippen molar-refractivity contribution in [2.75, 3.05) is 6.54 Å². The number of hydrogen-bond acceptors (Lipinski definition) is 2. The summed E-state index contributed by atoms with van der Waals surface area (Å²) in [6.07, 6.45) is 3.08. The topological polar surface area (TPSA) is 32.3 Å². The Morgan fingerprint density at radius 1 is 1.14 bits per heavy atom. The van der Waals surface area contributed by atoms with E-state index in [0.29, 0.717) is 5.75 Å². The molecule has 0 radical (unpaired) electrons. The van der Waals surface area contributed by atoms with Crippen molar-refractivity contribution in [2.24, 2.45) is 0 Å². The first-order valence-corrected chi connectivity index (χ1v) is 7.40. The molecule has 0 aliphatic rings. The first kappa shape index (κ1) is 15.3. The van der Waals surface area contributed by atoms with Crippen LogP contribution in [0.25, 0.3) is 5.57 Å². The van der Waals surface area contributed by atoms with Crippen LogP contribution in [0.15, 0.2) is 54.6 Å². The molecule has 2 heteroatoms. The van der Waals surface area contributed by atoms with E-state index in [2.05, 4.69) is 49.5 Å². The van der Waals surface area contributed by atoms with Crippen LogP contribution in [0.2, 0.25) is 0 Å². The largest absolute Gasteiger partial charge is 0.508 e. The van der Waals surface area contributed by atoms with Gasteiger partial charge in [0.15, 0.2) is 0 Å². The zero-order chi connectivity index (χ0) is 15.1. The second-order valence-electron chi connectivity index (χ2n) is 5.23. The Hall–Kier alpha value is -2.06. The maximum Gasteiger partial charge on any atom is 0.116 e. The Bertz CT molecular complexity index is 602. The number of rotatable bonds is 6. The SMILES string of the molecule is C/C=C(/CCNCc1ccccc1)c1cc(O)ccc1C. The molecule has 0 amide bonds. The molecule has 0 saturated heterocycles. The first-order valence-electron chi connectivity index (χ1n) is 7.40. The minimum atomic E-state index is 0.326. The fourth-order valence-corrected chi connectivity index (χ4v) is 2.44. The van der Waals surface area contributed by atoms with Crippen molar-refractivity contribution in [1.82, 2.24) is 5.32 Å². The van der Waals surface area contributed by atoms with Gasteiger partial charge in [0.25, 0.3) is 0 Å². The fraction of sp³-hybridized carbons (Fsp3) is 0.263. The molecule has 21 heavy (non-hydrogen) atoms. The molecule has 0 fully saturated rings. The van der Waals surface area contributed by atoms with Gasteiger partial charge >= 0.3 is 0 Å². The second kappa shape index (κ2) is 7.65. The predicted molar refractivity (Wildman–Crippen MR) is 89.3 cm³/mol. The minimum absolute atomic E-state index is 0.326. The number of phenols is 1. The summed E-state index contributed by atoms with van der Waals surface area (Å²) in [5, 5.41) is 13.1. The number of hydrogen-bond donors (Lipinski definition) is 2. The fourth-order valence-electron chi connectivity index (χ4n) is 2.44. The van der Waals surface area contributed by atoms with Gasteiger partial charge in [-0.05, 0) is 61.2 Å². The van der Waals surface area contributed by atoms with E-state index in [1.165, 1.54) is 16.7 Å². The molecule has 0 bridgehead atoms. The van der Waals surface area contributed by atoms with Crippen LogP contribution in [0.3, 0.4) is 0 Å². The van der Waals surface area contributed by atoms with Crippen LogP contribution in [0.4, 0.5) is 0 Å². The van der Waals surface area contributed by atoms with Crippen molar-refractivity contribution in [3.8, 4) is 5.75 Å². The highest BCUT2D eigenvalue weighted by Gasteiger charge is 2.05. The molecule has 2 aromatic carbocycles. The molecular weight excluding hydrogens is 258 g/mol. The number of benzene rings is 2. The molecule has 2 nitrogen and oxygen atoms in total. The maximum absolute atomic E-state index is 9.66. The summed E-state index contributed by atoms with van der Waals surface area (Å²) < 4.78 is 0. The number of aryl methyl sites for hydroxylation is 1. The van der Waals surface area contributed by atoms with Crippen molar-refractivity contribution in [3.63, 3.8) is 0 Å². The van der Waals surface area contributed by atoms with Crippen LogP contribution in [0, 0.1) is 6.92 Å². The van der Waals surface area contributed by atoms with Crippen molar-refractivity contribution >= 4 is 5.57 Å². The van der Waals surface area contributed by atoms with E-state index in [9.17, 15) is 5.11 Å². The van der Waals surface area contributed by atoms with E-state index in [-0.39, 0.29) is 0 Å². The lowest BCUT2D eigenvalue weighted by Crippen LogP contribution is -2.15. The summed E-state index contributed by atoms with van der Waals surface area (Å²) in [7, 11) is 0. The van der Waals surface area contributed by atoms with Gasteiger partial charge in [-0.25, -0.2) is 0 Å². The summed E-state index contributed by atoms with van der Waals surface area (Å²) in [4.78, 5) is 0. The number of allylic oxidation sites excluding steroid dienone is 1. The molecule has 0 unspecified atom stereocenters. The summed E-state index contributed by atoms with van der Waals surface area (Å²) in [6, 6.07) is 16.0. The van der Waals surface area contributed by atoms with Crippen LogP contribution in [0.5, 0.6) is 5.75 Å².